The van der Waals surface area contributed by atoms with Crippen molar-refractivity contribution in [2.45, 2.75) is 51.4 Å². The Labute approximate surface area is 204 Å². The van der Waals surface area contributed by atoms with Gasteiger partial charge in [0.15, 0.2) is 0 Å². The molecule has 1 aliphatic rings. The van der Waals surface area contributed by atoms with E-state index in [0.29, 0.717) is 0 Å². The van der Waals surface area contributed by atoms with Crippen LogP contribution in [0.25, 0.3) is 11.1 Å². The second-order valence-corrected chi connectivity index (χ2v) is 10.4. The highest BCUT2D eigenvalue weighted by atomic mass is 32.2. The van der Waals surface area contributed by atoms with Crippen molar-refractivity contribution in [2.24, 2.45) is 0 Å². The first kappa shape index (κ1) is 27.9. The number of ether oxygens (including phenoxy) is 1. The summed E-state index contributed by atoms with van der Waals surface area (Å²) in [6, 6.07) is 11.6. The molecule has 0 saturated carbocycles. The van der Waals surface area contributed by atoms with Gasteiger partial charge in [0.1, 0.15) is 4.75 Å². The maximum absolute atomic E-state index is 12.6. The Morgan fingerprint density at radius 2 is 1.76 bits per heavy atom. The van der Waals surface area contributed by atoms with E-state index in [9.17, 15) is 13.8 Å². The summed E-state index contributed by atoms with van der Waals surface area (Å²) in [6.07, 6.45) is 4.48. The number of rotatable bonds is 8. The summed E-state index contributed by atoms with van der Waals surface area (Å²) in [5.74, 6) is -0.727. The van der Waals surface area contributed by atoms with Crippen LogP contribution in [0.2, 0.25) is 0 Å². The Morgan fingerprint density at radius 1 is 1.15 bits per heavy atom. The smallest absolute Gasteiger partial charge is 0.261 e. The standard InChI is InChI=1S/C22H29N3O5S.C3H8/c1-22(31(2)29,21(27)23-28)8-10-25-9-7-19(15-20(25)26)18-5-3-17(4-6-18)16-24-11-13-30-14-12-24;1-3-2/h3-7,9,15,28H,8,10-14,16H2,1-2H3,(H,23,27);3H2,1-2H3. The molecule has 3 rings (SSSR count). The maximum Gasteiger partial charge on any atom is 0.261 e. The molecule has 2 aromatic rings. The highest BCUT2D eigenvalue weighted by molar-refractivity contribution is 7.86. The maximum atomic E-state index is 12.6. The molecule has 2 atom stereocenters. The molecule has 1 saturated heterocycles. The van der Waals surface area contributed by atoms with Crippen molar-refractivity contribution in [2.75, 3.05) is 32.6 Å². The van der Waals surface area contributed by atoms with Crippen molar-refractivity contribution in [3.63, 3.8) is 0 Å². The van der Waals surface area contributed by atoms with Crippen LogP contribution in [0.15, 0.2) is 47.4 Å². The fraction of sp³-hybridized carbons (Fsp3) is 0.520. The van der Waals surface area contributed by atoms with E-state index in [1.54, 1.807) is 17.7 Å². The van der Waals surface area contributed by atoms with E-state index >= 15 is 0 Å². The number of carbonyl (C=O) groups excluding carboxylic acids is 1. The van der Waals surface area contributed by atoms with Crippen molar-refractivity contribution < 1.29 is 18.9 Å². The summed E-state index contributed by atoms with van der Waals surface area (Å²) in [5.41, 5.74) is 4.35. The first-order chi connectivity index (χ1) is 16.2. The molecule has 1 aromatic heterocycles. The number of hydrogen-bond acceptors (Lipinski definition) is 6. The molecular weight excluding hydrogens is 454 g/mol. The first-order valence-electron chi connectivity index (χ1n) is 11.6. The number of nitrogens with one attached hydrogen (secondary N) is 1. The summed E-state index contributed by atoms with van der Waals surface area (Å²) in [5, 5.41) is 8.93. The summed E-state index contributed by atoms with van der Waals surface area (Å²) in [6.45, 7) is 10.3. The topological polar surface area (TPSA) is 101 Å². The molecule has 1 aromatic carbocycles. The average Bonchev–Trinajstić information content (AvgIpc) is 2.84. The van der Waals surface area contributed by atoms with Gasteiger partial charge in [0, 0.05) is 55.5 Å². The summed E-state index contributed by atoms with van der Waals surface area (Å²) >= 11 is 0. The second kappa shape index (κ2) is 13.5. The van der Waals surface area contributed by atoms with Crippen LogP contribution in [-0.2, 0) is 33.4 Å². The number of carbonyl (C=O) groups is 1. The zero-order valence-corrected chi connectivity index (χ0v) is 21.4. The Balaban J connectivity index is 0.00000129. The number of morpholine rings is 1. The van der Waals surface area contributed by atoms with Crippen LogP contribution >= 0.6 is 0 Å². The van der Waals surface area contributed by atoms with Gasteiger partial charge in [-0.1, -0.05) is 44.5 Å². The average molecular weight is 492 g/mol. The predicted octanol–water partition coefficient (Wildman–Crippen LogP) is 2.80. The second-order valence-electron chi connectivity index (χ2n) is 8.62. The van der Waals surface area contributed by atoms with Gasteiger partial charge in [0.25, 0.3) is 11.5 Å². The fourth-order valence-electron chi connectivity index (χ4n) is 3.53. The van der Waals surface area contributed by atoms with Gasteiger partial charge in [-0.2, -0.15) is 0 Å². The van der Waals surface area contributed by atoms with Gasteiger partial charge < -0.3 is 9.30 Å². The highest BCUT2D eigenvalue weighted by Gasteiger charge is 2.37. The molecule has 0 radical (unpaired) electrons. The largest absolute Gasteiger partial charge is 0.379 e. The molecular formula is C25H37N3O5S. The third-order valence-electron chi connectivity index (χ3n) is 5.84. The predicted molar refractivity (Wildman–Crippen MR) is 135 cm³/mol. The molecule has 2 N–H and O–H groups in total. The van der Waals surface area contributed by atoms with E-state index < -0.39 is 21.5 Å². The monoisotopic (exact) mass is 491 g/mol. The van der Waals surface area contributed by atoms with Gasteiger partial charge in [-0.3, -0.25) is 23.9 Å². The third kappa shape index (κ3) is 7.59. The Kier molecular flexibility index (Phi) is 11.1. The van der Waals surface area contributed by atoms with Crippen molar-refractivity contribution in [3.8, 4) is 11.1 Å². The van der Waals surface area contributed by atoms with Gasteiger partial charge in [-0.25, -0.2) is 5.48 Å². The molecule has 1 fully saturated rings. The Hall–Kier alpha value is -2.33. The van der Waals surface area contributed by atoms with Crippen molar-refractivity contribution >= 4 is 16.7 Å². The number of benzene rings is 1. The van der Waals surface area contributed by atoms with Crippen LogP contribution in [-0.4, -0.2) is 62.1 Å². The van der Waals surface area contributed by atoms with Crippen LogP contribution < -0.4 is 11.0 Å². The minimum Gasteiger partial charge on any atom is -0.379 e. The van der Waals surface area contributed by atoms with E-state index in [-0.39, 0.29) is 18.5 Å². The van der Waals surface area contributed by atoms with Crippen molar-refractivity contribution in [1.82, 2.24) is 14.9 Å². The van der Waals surface area contributed by atoms with Gasteiger partial charge in [0.05, 0.1) is 13.2 Å². The summed E-state index contributed by atoms with van der Waals surface area (Å²) in [4.78, 5) is 26.9. The molecule has 9 heteroatoms. The number of aryl methyl sites for hydroxylation is 1. The number of aromatic nitrogens is 1. The summed E-state index contributed by atoms with van der Waals surface area (Å²) < 4.78 is 17.6. The molecule has 2 heterocycles. The lowest BCUT2D eigenvalue weighted by molar-refractivity contribution is -0.131. The molecule has 1 amide bonds. The molecule has 188 valence electrons. The molecule has 0 aliphatic carbocycles. The van der Waals surface area contributed by atoms with Crippen LogP contribution in [0.4, 0.5) is 0 Å². The Bertz CT molecular complexity index is 1000. The molecule has 8 nitrogen and oxygen atoms in total. The van der Waals surface area contributed by atoms with Gasteiger partial charge in [0.2, 0.25) is 0 Å². The van der Waals surface area contributed by atoms with E-state index in [1.165, 1.54) is 29.7 Å². The minimum atomic E-state index is -1.52. The highest BCUT2D eigenvalue weighted by Crippen LogP contribution is 2.21. The SMILES string of the molecule is CCC.CS(=O)C(C)(CCn1ccc(-c2ccc(CN3CCOCC3)cc2)cc1=O)C(=O)NO. The first-order valence-corrected chi connectivity index (χ1v) is 13.2. The van der Waals surface area contributed by atoms with Crippen LogP contribution in [0.5, 0.6) is 0 Å². The lowest BCUT2D eigenvalue weighted by atomic mass is 10.0. The van der Waals surface area contributed by atoms with E-state index in [4.69, 9.17) is 9.94 Å². The lowest BCUT2D eigenvalue weighted by Gasteiger charge is -2.26. The van der Waals surface area contributed by atoms with Crippen LogP contribution in [0.1, 0.15) is 39.2 Å². The van der Waals surface area contributed by atoms with Crippen LogP contribution in [0, 0.1) is 0 Å². The van der Waals surface area contributed by atoms with Crippen molar-refractivity contribution in [1.29, 1.82) is 0 Å². The zero-order chi connectivity index (χ0) is 25.1. The number of hydrogen-bond donors (Lipinski definition) is 2. The van der Waals surface area contributed by atoms with E-state index in [2.05, 4.69) is 30.9 Å². The normalized spacial score (nSPS) is 16.6. The number of hydroxylamine groups is 1. The molecule has 0 spiro atoms. The fourth-order valence-corrected chi connectivity index (χ4v) is 4.22. The third-order valence-corrected chi connectivity index (χ3v) is 7.50. The molecule has 0 bridgehead atoms. The Morgan fingerprint density at radius 3 is 2.29 bits per heavy atom. The van der Waals surface area contributed by atoms with Gasteiger partial charge in [-0.05, 0) is 36.1 Å². The molecule has 1 aliphatic heterocycles. The quantitative estimate of drug-likeness (QED) is 0.435. The minimum absolute atomic E-state index is 0.151. The van der Waals surface area contributed by atoms with Crippen LogP contribution in [0.3, 0.4) is 0 Å². The zero-order valence-electron chi connectivity index (χ0n) is 20.6. The van der Waals surface area contributed by atoms with Crippen molar-refractivity contribution in [3.05, 3.63) is 58.5 Å². The van der Waals surface area contributed by atoms with Gasteiger partial charge >= 0.3 is 0 Å². The lowest BCUT2D eigenvalue weighted by Crippen LogP contribution is -2.47. The molecule has 2 unspecified atom stereocenters. The van der Waals surface area contributed by atoms with E-state index in [0.717, 1.165) is 44.0 Å². The number of amides is 1. The molecule has 34 heavy (non-hydrogen) atoms. The number of pyridine rings is 1. The summed E-state index contributed by atoms with van der Waals surface area (Å²) in [7, 11) is -1.52. The van der Waals surface area contributed by atoms with Gasteiger partial charge in [-0.15, -0.1) is 0 Å². The number of nitrogens with zero attached hydrogens (tertiary/aromatic N) is 2. The van der Waals surface area contributed by atoms with E-state index in [1.807, 2.05) is 18.2 Å².